The lowest BCUT2D eigenvalue weighted by Crippen LogP contribution is -2.14. The number of halogens is 2. The number of nitrogens with zero attached hydrogens (tertiary/aromatic N) is 1. The van der Waals surface area contributed by atoms with Crippen molar-refractivity contribution in [1.82, 2.24) is 0 Å². The Hall–Kier alpha value is -2.26. The standard InChI is InChI=1S/C17H14F2N2OS/c1-9-2-4-11-13(8-20)17(23-15(11)6-9)21-16(22)12-7-10(18)3-5-14(12)19/h3,5,7,9H,2,4,6H2,1H3,(H,21,22)/t9-/m1/s1. The smallest absolute Gasteiger partial charge is 0.259 e. The van der Waals surface area contributed by atoms with E-state index in [0.717, 1.165) is 47.9 Å². The van der Waals surface area contributed by atoms with Crippen LogP contribution in [0.3, 0.4) is 0 Å². The molecule has 1 N–H and O–H groups in total. The van der Waals surface area contributed by atoms with Gasteiger partial charge in [0.1, 0.15) is 22.7 Å². The van der Waals surface area contributed by atoms with Crippen LogP contribution in [0.4, 0.5) is 13.8 Å². The van der Waals surface area contributed by atoms with Crippen LogP contribution in [0.25, 0.3) is 0 Å². The van der Waals surface area contributed by atoms with Crippen molar-refractivity contribution in [3.63, 3.8) is 0 Å². The van der Waals surface area contributed by atoms with E-state index in [1.54, 1.807) is 0 Å². The number of anilines is 1. The van der Waals surface area contributed by atoms with Gasteiger partial charge in [0.2, 0.25) is 0 Å². The van der Waals surface area contributed by atoms with Crippen molar-refractivity contribution in [2.45, 2.75) is 26.2 Å². The minimum absolute atomic E-state index is 0.367. The normalized spacial score (nSPS) is 16.5. The number of nitriles is 1. The highest BCUT2D eigenvalue weighted by Gasteiger charge is 2.25. The van der Waals surface area contributed by atoms with Crippen LogP contribution in [0.2, 0.25) is 0 Å². The van der Waals surface area contributed by atoms with E-state index < -0.39 is 17.5 Å². The van der Waals surface area contributed by atoms with E-state index in [-0.39, 0.29) is 5.56 Å². The van der Waals surface area contributed by atoms with Gasteiger partial charge in [-0.15, -0.1) is 11.3 Å². The lowest BCUT2D eigenvalue weighted by Gasteiger charge is -2.17. The number of carbonyl (C=O) groups is 1. The first kappa shape index (κ1) is 15.6. The lowest BCUT2D eigenvalue weighted by molar-refractivity contribution is 0.102. The molecule has 3 rings (SSSR count). The van der Waals surface area contributed by atoms with Gasteiger partial charge in [0, 0.05) is 4.88 Å². The Labute approximate surface area is 136 Å². The van der Waals surface area contributed by atoms with Crippen molar-refractivity contribution in [2.24, 2.45) is 5.92 Å². The van der Waals surface area contributed by atoms with Gasteiger partial charge in [-0.05, 0) is 48.9 Å². The van der Waals surface area contributed by atoms with Crippen LogP contribution >= 0.6 is 11.3 Å². The lowest BCUT2D eigenvalue weighted by atomic mass is 9.88. The molecular formula is C17H14F2N2OS. The van der Waals surface area contributed by atoms with Gasteiger partial charge in [0.15, 0.2) is 0 Å². The molecule has 1 amide bonds. The molecule has 0 radical (unpaired) electrons. The monoisotopic (exact) mass is 332 g/mol. The zero-order valence-corrected chi connectivity index (χ0v) is 13.3. The molecule has 3 nitrogen and oxygen atoms in total. The third-order valence-electron chi connectivity index (χ3n) is 4.02. The molecule has 0 saturated carbocycles. The first-order chi connectivity index (χ1) is 11.0. The van der Waals surface area contributed by atoms with Gasteiger partial charge in [-0.1, -0.05) is 6.92 Å². The Morgan fingerprint density at radius 3 is 2.96 bits per heavy atom. The van der Waals surface area contributed by atoms with Crippen molar-refractivity contribution in [3.8, 4) is 6.07 Å². The summed E-state index contributed by atoms with van der Waals surface area (Å²) in [7, 11) is 0. The molecule has 0 fully saturated rings. The SMILES string of the molecule is C[C@@H]1CCc2c(sc(NC(=O)c3cc(F)ccc3F)c2C#N)C1. The largest absolute Gasteiger partial charge is 0.312 e. The number of benzene rings is 1. The minimum atomic E-state index is -0.794. The molecule has 1 atom stereocenters. The molecule has 2 aromatic rings. The van der Waals surface area contributed by atoms with Crippen LogP contribution in [-0.2, 0) is 12.8 Å². The Morgan fingerprint density at radius 1 is 1.43 bits per heavy atom. The van der Waals surface area contributed by atoms with Gasteiger partial charge in [-0.2, -0.15) is 5.26 Å². The fourth-order valence-corrected chi connectivity index (χ4v) is 4.16. The summed E-state index contributed by atoms with van der Waals surface area (Å²) in [6, 6.07) is 4.85. The predicted octanol–water partition coefficient (Wildman–Crippen LogP) is 4.28. The van der Waals surface area contributed by atoms with E-state index in [0.29, 0.717) is 16.5 Å². The number of carbonyl (C=O) groups excluding carboxylic acids is 1. The third-order valence-corrected chi connectivity index (χ3v) is 5.19. The first-order valence-electron chi connectivity index (χ1n) is 7.30. The average Bonchev–Trinajstić information content (AvgIpc) is 2.85. The summed E-state index contributed by atoms with van der Waals surface area (Å²) < 4.78 is 26.9. The van der Waals surface area contributed by atoms with Crippen LogP contribution in [0.1, 0.15) is 39.7 Å². The van der Waals surface area contributed by atoms with Gasteiger partial charge in [-0.3, -0.25) is 4.79 Å². The van der Waals surface area contributed by atoms with E-state index in [2.05, 4.69) is 18.3 Å². The third kappa shape index (κ3) is 2.97. The second-order valence-corrected chi connectivity index (χ2v) is 6.85. The van der Waals surface area contributed by atoms with Crippen LogP contribution < -0.4 is 5.32 Å². The number of rotatable bonds is 2. The van der Waals surface area contributed by atoms with Crippen molar-refractivity contribution < 1.29 is 13.6 Å². The molecule has 0 unspecified atom stereocenters. The van der Waals surface area contributed by atoms with E-state index >= 15 is 0 Å². The van der Waals surface area contributed by atoms with Crippen LogP contribution in [0, 0.1) is 28.9 Å². The molecule has 1 heterocycles. The molecular weight excluding hydrogens is 318 g/mol. The predicted molar refractivity (Wildman–Crippen MR) is 84.5 cm³/mol. The number of thiophene rings is 1. The van der Waals surface area contributed by atoms with Gasteiger partial charge >= 0.3 is 0 Å². The fourth-order valence-electron chi connectivity index (χ4n) is 2.80. The fraction of sp³-hybridized carbons (Fsp3) is 0.294. The second-order valence-electron chi connectivity index (χ2n) is 5.75. The maximum absolute atomic E-state index is 13.7. The molecule has 6 heteroatoms. The summed E-state index contributed by atoms with van der Waals surface area (Å²) in [4.78, 5) is 13.3. The zero-order valence-electron chi connectivity index (χ0n) is 12.5. The summed E-state index contributed by atoms with van der Waals surface area (Å²) in [5.74, 6) is -1.68. The molecule has 0 bridgehead atoms. The quantitative estimate of drug-likeness (QED) is 0.892. The summed E-state index contributed by atoms with van der Waals surface area (Å²) in [6.07, 6.45) is 2.68. The minimum Gasteiger partial charge on any atom is -0.312 e. The van der Waals surface area contributed by atoms with Gasteiger partial charge in [-0.25, -0.2) is 8.78 Å². The van der Waals surface area contributed by atoms with Gasteiger partial charge in [0.05, 0.1) is 11.1 Å². The highest BCUT2D eigenvalue weighted by atomic mass is 32.1. The average molecular weight is 332 g/mol. The molecule has 23 heavy (non-hydrogen) atoms. The molecule has 1 aromatic carbocycles. The van der Waals surface area contributed by atoms with Crippen molar-refractivity contribution in [3.05, 3.63) is 51.4 Å². The molecule has 0 spiro atoms. The van der Waals surface area contributed by atoms with Gasteiger partial charge < -0.3 is 5.32 Å². The van der Waals surface area contributed by atoms with Crippen molar-refractivity contribution in [2.75, 3.05) is 5.32 Å². The molecule has 0 saturated heterocycles. The van der Waals surface area contributed by atoms with Crippen molar-refractivity contribution in [1.29, 1.82) is 5.26 Å². The van der Waals surface area contributed by atoms with E-state index in [1.807, 2.05) is 0 Å². The summed E-state index contributed by atoms with van der Waals surface area (Å²) in [5, 5.41) is 12.4. The number of hydrogen-bond acceptors (Lipinski definition) is 3. The highest BCUT2D eigenvalue weighted by molar-refractivity contribution is 7.16. The second kappa shape index (κ2) is 6.09. The number of nitrogens with one attached hydrogen (secondary N) is 1. The maximum Gasteiger partial charge on any atom is 0.259 e. The number of hydrogen-bond donors (Lipinski definition) is 1. The van der Waals surface area contributed by atoms with Gasteiger partial charge in [0.25, 0.3) is 5.91 Å². The Kier molecular flexibility index (Phi) is 4.14. The summed E-state index contributed by atoms with van der Waals surface area (Å²) >= 11 is 1.35. The summed E-state index contributed by atoms with van der Waals surface area (Å²) in [5.41, 5.74) is 1.06. The van der Waals surface area contributed by atoms with E-state index in [1.165, 1.54) is 11.3 Å². The van der Waals surface area contributed by atoms with Crippen LogP contribution in [0.5, 0.6) is 0 Å². The van der Waals surface area contributed by atoms with Crippen molar-refractivity contribution >= 4 is 22.2 Å². The number of amides is 1. The maximum atomic E-state index is 13.7. The van der Waals surface area contributed by atoms with Crippen LogP contribution in [0.15, 0.2) is 18.2 Å². The molecule has 0 aliphatic heterocycles. The summed E-state index contributed by atoms with van der Waals surface area (Å²) in [6.45, 7) is 2.15. The molecule has 118 valence electrons. The zero-order chi connectivity index (χ0) is 16.6. The first-order valence-corrected chi connectivity index (χ1v) is 8.12. The Bertz CT molecular complexity index is 823. The van der Waals surface area contributed by atoms with E-state index in [9.17, 15) is 18.8 Å². The van der Waals surface area contributed by atoms with Crippen LogP contribution in [-0.4, -0.2) is 5.91 Å². The molecule has 1 aliphatic rings. The molecule has 1 aliphatic carbocycles. The topological polar surface area (TPSA) is 52.9 Å². The Morgan fingerprint density at radius 2 is 2.22 bits per heavy atom. The van der Waals surface area contributed by atoms with E-state index in [4.69, 9.17) is 0 Å². The highest BCUT2D eigenvalue weighted by Crippen LogP contribution is 2.39. The Balaban J connectivity index is 1.93. The molecule has 1 aromatic heterocycles. The number of fused-ring (bicyclic) bond motifs is 1.